The van der Waals surface area contributed by atoms with Crippen LogP contribution in [0.4, 0.5) is 0 Å². The molecular weight excluding hydrogens is 392 g/mol. The van der Waals surface area contributed by atoms with Crippen molar-refractivity contribution in [3.8, 4) is 0 Å². The second-order valence-corrected chi connectivity index (χ2v) is 9.15. The number of ether oxygens (including phenoxy) is 2. The largest absolute Gasteiger partial charge is 0.379 e. The van der Waals surface area contributed by atoms with E-state index >= 15 is 0 Å². The van der Waals surface area contributed by atoms with Gasteiger partial charge in [0.2, 0.25) is 15.2 Å². The van der Waals surface area contributed by atoms with Crippen LogP contribution in [0, 0.1) is 0 Å². The Morgan fingerprint density at radius 2 is 2.07 bits per heavy atom. The Morgan fingerprint density at radius 1 is 1.22 bits per heavy atom. The van der Waals surface area contributed by atoms with Crippen LogP contribution in [0.25, 0.3) is 0 Å². The minimum absolute atomic E-state index is 0.127. The molecule has 0 aromatic carbocycles. The van der Waals surface area contributed by atoms with Crippen molar-refractivity contribution < 1.29 is 17.9 Å². The van der Waals surface area contributed by atoms with Gasteiger partial charge in [-0.25, -0.2) is 18.1 Å². The summed E-state index contributed by atoms with van der Waals surface area (Å²) >= 11 is 1.29. The topological polar surface area (TPSA) is 112 Å². The molecule has 0 saturated carbocycles. The van der Waals surface area contributed by atoms with E-state index in [0.717, 1.165) is 19.4 Å². The molecule has 12 heteroatoms. The van der Waals surface area contributed by atoms with Crippen LogP contribution >= 0.6 is 11.8 Å². The van der Waals surface area contributed by atoms with E-state index in [4.69, 9.17) is 9.47 Å². The molecule has 0 unspecified atom stereocenters. The first-order valence-corrected chi connectivity index (χ1v) is 11.0. The molecule has 0 N–H and O–H groups in total. The quantitative estimate of drug-likeness (QED) is 0.666. The summed E-state index contributed by atoms with van der Waals surface area (Å²) in [5.41, 5.74) is 0. The Hall–Kier alpha value is -1.60. The van der Waals surface area contributed by atoms with Gasteiger partial charge in [-0.05, 0) is 47.2 Å². The summed E-state index contributed by atoms with van der Waals surface area (Å²) in [6.45, 7) is 2.91. The first kappa shape index (κ1) is 18.7. The van der Waals surface area contributed by atoms with Crippen molar-refractivity contribution >= 4 is 21.8 Å². The van der Waals surface area contributed by atoms with Crippen LogP contribution in [-0.4, -0.2) is 76.9 Å². The summed E-state index contributed by atoms with van der Waals surface area (Å²) in [5.74, 6) is 0. The Balaban J connectivity index is 1.44. The highest BCUT2D eigenvalue weighted by Gasteiger charge is 2.26. The molecule has 0 amide bonds. The van der Waals surface area contributed by atoms with E-state index in [9.17, 15) is 8.42 Å². The van der Waals surface area contributed by atoms with E-state index in [-0.39, 0.29) is 11.0 Å². The van der Waals surface area contributed by atoms with Crippen molar-refractivity contribution in [1.82, 2.24) is 29.5 Å². The second-order valence-electron chi connectivity index (χ2n) is 6.23. The van der Waals surface area contributed by atoms with Crippen molar-refractivity contribution in [2.24, 2.45) is 0 Å². The van der Waals surface area contributed by atoms with Gasteiger partial charge >= 0.3 is 0 Å². The summed E-state index contributed by atoms with van der Waals surface area (Å²) in [6.07, 6.45) is 3.55. The molecule has 2 aliphatic rings. The minimum atomic E-state index is -3.55. The Morgan fingerprint density at radius 3 is 2.78 bits per heavy atom. The number of hydrogen-bond donors (Lipinski definition) is 0. The summed E-state index contributed by atoms with van der Waals surface area (Å²) in [4.78, 5) is 4.45. The molecule has 2 aromatic heterocycles. The standard InChI is InChI=1S/C15H20N6O4S2/c22-27(23,20-5-8-24-9-6-20)13-3-4-14(16-10-13)26-15-17-18-19-21(15)11-12-2-1-7-25-12/h3-4,10,12H,1-2,5-9,11H2/t12-/m0/s1. The zero-order chi connectivity index (χ0) is 18.7. The first-order chi connectivity index (χ1) is 13.1. The summed E-state index contributed by atoms with van der Waals surface area (Å²) in [6, 6.07) is 3.23. The third kappa shape index (κ3) is 4.29. The molecule has 2 fully saturated rings. The molecule has 0 aliphatic carbocycles. The van der Waals surface area contributed by atoms with Crippen LogP contribution < -0.4 is 0 Å². The molecule has 2 aromatic rings. The predicted molar refractivity (Wildman–Crippen MR) is 94.7 cm³/mol. The highest BCUT2D eigenvalue weighted by atomic mass is 32.2. The zero-order valence-electron chi connectivity index (χ0n) is 14.6. The second kappa shape index (κ2) is 8.19. The molecule has 146 valence electrons. The molecule has 4 heterocycles. The smallest absolute Gasteiger partial charge is 0.244 e. The molecule has 0 radical (unpaired) electrons. The fraction of sp³-hybridized carbons (Fsp3) is 0.600. The number of morpholine rings is 1. The van der Waals surface area contributed by atoms with E-state index < -0.39 is 10.0 Å². The van der Waals surface area contributed by atoms with Crippen LogP contribution in [0.5, 0.6) is 0 Å². The van der Waals surface area contributed by atoms with Gasteiger partial charge in [-0.3, -0.25) is 0 Å². The van der Waals surface area contributed by atoms with Crippen LogP contribution in [0.2, 0.25) is 0 Å². The molecule has 4 rings (SSSR count). The highest BCUT2D eigenvalue weighted by molar-refractivity contribution is 7.99. The maximum atomic E-state index is 12.6. The van der Waals surface area contributed by atoms with Gasteiger partial charge in [0.1, 0.15) is 9.92 Å². The lowest BCUT2D eigenvalue weighted by Gasteiger charge is -2.25. The van der Waals surface area contributed by atoms with Crippen LogP contribution in [0.3, 0.4) is 0 Å². The van der Waals surface area contributed by atoms with E-state index in [1.54, 1.807) is 16.8 Å². The number of nitrogens with zero attached hydrogens (tertiary/aromatic N) is 6. The molecular formula is C15H20N6O4S2. The Labute approximate surface area is 161 Å². The number of aromatic nitrogens is 5. The van der Waals surface area contributed by atoms with E-state index in [0.29, 0.717) is 43.0 Å². The average Bonchev–Trinajstić information content (AvgIpc) is 3.36. The lowest BCUT2D eigenvalue weighted by atomic mass is 10.2. The minimum Gasteiger partial charge on any atom is -0.379 e. The molecule has 1 atom stereocenters. The van der Waals surface area contributed by atoms with Crippen molar-refractivity contribution in [3.05, 3.63) is 18.3 Å². The summed E-state index contributed by atoms with van der Waals surface area (Å²) in [7, 11) is -3.55. The number of hydrogen-bond acceptors (Lipinski definition) is 9. The third-order valence-electron chi connectivity index (χ3n) is 4.41. The maximum absolute atomic E-state index is 12.6. The fourth-order valence-electron chi connectivity index (χ4n) is 2.97. The molecule has 27 heavy (non-hydrogen) atoms. The average molecular weight is 412 g/mol. The number of pyridine rings is 1. The van der Waals surface area contributed by atoms with Crippen LogP contribution in [-0.2, 0) is 26.0 Å². The van der Waals surface area contributed by atoms with Gasteiger partial charge in [0, 0.05) is 25.9 Å². The van der Waals surface area contributed by atoms with Crippen molar-refractivity contribution in [2.75, 3.05) is 32.9 Å². The summed E-state index contributed by atoms with van der Waals surface area (Å²) < 4.78 is 39.2. The van der Waals surface area contributed by atoms with E-state index in [2.05, 4.69) is 20.5 Å². The lowest BCUT2D eigenvalue weighted by Crippen LogP contribution is -2.40. The van der Waals surface area contributed by atoms with Gasteiger partial charge in [-0.15, -0.1) is 5.10 Å². The monoisotopic (exact) mass is 412 g/mol. The lowest BCUT2D eigenvalue weighted by molar-refractivity contribution is 0.0730. The molecule has 0 bridgehead atoms. The predicted octanol–water partition coefficient (Wildman–Crippen LogP) is 0.419. The number of rotatable bonds is 6. The zero-order valence-corrected chi connectivity index (χ0v) is 16.2. The molecule has 2 saturated heterocycles. The molecule has 0 spiro atoms. The van der Waals surface area contributed by atoms with Gasteiger partial charge in [0.15, 0.2) is 0 Å². The normalized spacial score (nSPS) is 21.6. The maximum Gasteiger partial charge on any atom is 0.244 e. The highest BCUT2D eigenvalue weighted by Crippen LogP contribution is 2.26. The van der Waals surface area contributed by atoms with Gasteiger partial charge in [-0.1, -0.05) is 0 Å². The third-order valence-corrected chi connectivity index (χ3v) is 7.22. The van der Waals surface area contributed by atoms with Gasteiger partial charge in [-0.2, -0.15) is 4.31 Å². The van der Waals surface area contributed by atoms with Crippen molar-refractivity contribution in [3.63, 3.8) is 0 Å². The number of sulfonamides is 1. The van der Waals surface area contributed by atoms with Gasteiger partial charge in [0.25, 0.3) is 0 Å². The Kier molecular flexibility index (Phi) is 5.68. The molecule has 10 nitrogen and oxygen atoms in total. The Bertz CT molecular complexity index is 861. The SMILES string of the molecule is O=S(=O)(c1ccc(Sc2nnnn2C[C@@H]2CCCO2)nc1)N1CCOCC1. The van der Waals surface area contributed by atoms with E-state index in [1.165, 1.54) is 22.3 Å². The summed E-state index contributed by atoms with van der Waals surface area (Å²) in [5, 5.41) is 13.0. The van der Waals surface area contributed by atoms with Crippen LogP contribution in [0.1, 0.15) is 12.8 Å². The number of tetrazole rings is 1. The molecule has 2 aliphatic heterocycles. The van der Waals surface area contributed by atoms with Gasteiger partial charge in [0.05, 0.1) is 25.9 Å². The fourth-order valence-corrected chi connectivity index (χ4v) is 5.05. The van der Waals surface area contributed by atoms with Crippen molar-refractivity contribution in [2.45, 2.75) is 40.6 Å². The van der Waals surface area contributed by atoms with Gasteiger partial charge < -0.3 is 9.47 Å². The van der Waals surface area contributed by atoms with Crippen molar-refractivity contribution in [1.29, 1.82) is 0 Å². The van der Waals surface area contributed by atoms with E-state index in [1.807, 2.05) is 0 Å². The van der Waals surface area contributed by atoms with Crippen LogP contribution in [0.15, 0.2) is 33.4 Å². The first-order valence-electron chi connectivity index (χ1n) is 8.72.